The van der Waals surface area contributed by atoms with Crippen LogP contribution in [0.2, 0.25) is 0 Å². The molecule has 0 aliphatic rings. The number of H-pyrrole nitrogens is 1. The number of nitrogens with zero attached hydrogens (tertiary/aromatic N) is 5. The number of hydrogen-bond acceptors (Lipinski definition) is 8. The Kier molecular flexibility index (Phi) is 8.43. The number of rotatable bonds is 12. The molecular formula is C21H29N9O5. The molecule has 0 saturated heterocycles. The van der Waals surface area contributed by atoms with E-state index in [1.807, 2.05) is 6.92 Å². The van der Waals surface area contributed by atoms with Crippen molar-refractivity contribution in [1.29, 1.82) is 0 Å². The van der Waals surface area contributed by atoms with E-state index in [0.29, 0.717) is 18.5 Å². The summed E-state index contributed by atoms with van der Waals surface area (Å²) in [6.45, 7) is 2.28. The molecule has 7 N–H and O–H groups in total. The number of aromatic nitrogens is 5. The molecule has 0 radical (unpaired) electrons. The van der Waals surface area contributed by atoms with Gasteiger partial charge in [-0.05, 0) is 31.4 Å². The molecule has 188 valence electrons. The second-order valence-corrected chi connectivity index (χ2v) is 7.78. The van der Waals surface area contributed by atoms with Crippen molar-refractivity contribution in [3.05, 3.63) is 41.3 Å². The molecule has 0 spiro atoms. The third kappa shape index (κ3) is 6.37. The number of fused-ring (bicyclic) bond motifs is 1. The summed E-state index contributed by atoms with van der Waals surface area (Å²) in [5.74, 6) is -0.897. The van der Waals surface area contributed by atoms with Crippen LogP contribution in [-0.2, 0) is 9.53 Å². The lowest BCUT2D eigenvalue weighted by Crippen LogP contribution is -2.31. The average molecular weight is 488 g/mol. The molecule has 3 heterocycles. The van der Waals surface area contributed by atoms with Crippen LogP contribution in [0, 0.1) is 0 Å². The SMILES string of the molecule is CCCCC(OC(=O)n1cccc1NC(CCCN=C(N)N)C(=O)O)n1cnc2c(=O)[nH]cnc21. The third-order valence-corrected chi connectivity index (χ3v) is 5.23. The Balaban J connectivity index is 1.77. The molecule has 0 aliphatic heterocycles. The Hall–Kier alpha value is -4.36. The first-order valence-corrected chi connectivity index (χ1v) is 11.1. The lowest BCUT2D eigenvalue weighted by Gasteiger charge is -2.21. The smallest absolute Gasteiger partial charge is 0.421 e. The maximum absolute atomic E-state index is 13.1. The Bertz CT molecular complexity index is 1240. The highest BCUT2D eigenvalue weighted by Crippen LogP contribution is 2.23. The van der Waals surface area contributed by atoms with Crippen LogP contribution in [0.4, 0.5) is 10.6 Å². The molecule has 0 fully saturated rings. The molecule has 3 rings (SSSR count). The topological polar surface area (TPSA) is 209 Å². The maximum Gasteiger partial charge on any atom is 0.421 e. The zero-order valence-electron chi connectivity index (χ0n) is 19.3. The Morgan fingerprint density at radius 1 is 1.29 bits per heavy atom. The molecule has 3 aromatic heterocycles. The summed E-state index contributed by atoms with van der Waals surface area (Å²) in [4.78, 5) is 51.4. The average Bonchev–Trinajstić information content (AvgIpc) is 3.46. The van der Waals surface area contributed by atoms with Crippen LogP contribution < -0.4 is 22.3 Å². The van der Waals surface area contributed by atoms with Crippen molar-refractivity contribution < 1.29 is 19.4 Å². The fourth-order valence-electron chi connectivity index (χ4n) is 3.48. The fourth-order valence-corrected chi connectivity index (χ4v) is 3.48. The van der Waals surface area contributed by atoms with Gasteiger partial charge in [-0.2, -0.15) is 0 Å². The summed E-state index contributed by atoms with van der Waals surface area (Å²) in [7, 11) is 0. The van der Waals surface area contributed by atoms with E-state index in [0.717, 1.165) is 12.8 Å². The van der Waals surface area contributed by atoms with Crippen LogP contribution in [0.15, 0.2) is 40.8 Å². The Morgan fingerprint density at radius 3 is 2.80 bits per heavy atom. The molecule has 3 aromatic rings. The number of aromatic amines is 1. The van der Waals surface area contributed by atoms with Gasteiger partial charge >= 0.3 is 12.1 Å². The van der Waals surface area contributed by atoms with Crippen LogP contribution in [0.25, 0.3) is 11.2 Å². The van der Waals surface area contributed by atoms with Gasteiger partial charge in [-0.15, -0.1) is 0 Å². The number of imidazole rings is 1. The molecule has 0 aromatic carbocycles. The van der Waals surface area contributed by atoms with Gasteiger partial charge in [0, 0.05) is 19.2 Å². The zero-order valence-corrected chi connectivity index (χ0v) is 19.3. The number of carbonyl (C=O) groups is 2. The summed E-state index contributed by atoms with van der Waals surface area (Å²) in [6.07, 6.45) is 5.35. The molecule has 0 saturated carbocycles. The number of carboxylic acids is 1. The van der Waals surface area contributed by atoms with Gasteiger partial charge in [-0.1, -0.05) is 13.3 Å². The van der Waals surface area contributed by atoms with Crippen LogP contribution in [-0.4, -0.2) is 59.8 Å². The number of carbonyl (C=O) groups excluding carboxylic acids is 1. The van der Waals surface area contributed by atoms with Crippen LogP contribution in [0.5, 0.6) is 0 Å². The standard InChI is InChI=1S/C21H29N9O5/c1-2-3-8-15(30-12-27-16-17(30)25-11-26-18(16)31)35-21(34)29-10-5-7-14(29)28-13(19(32)33)6-4-9-24-20(22)23/h5,7,10-13,15,28H,2-4,6,8-9H2,1H3,(H,32,33)(H4,22,23,24)(H,25,26,31). The number of unbranched alkanes of at least 4 members (excludes halogenated alkanes) is 1. The van der Waals surface area contributed by atoms with E-state index < -0.39 is 29.9 Å². The van der Waals surface area contributed by atoms with E-state index in [1.54, 1.807) is 16.7 Å². The molecule has 35 heavy (non-hydrogen) atoms. The first-order chi connectivity index (χ1) is 16.8. The minimum atomic E-state index is -1.09. The van der Waals surface area contributed by atoms with Gasteiger partial charge in [0.2, 0.25) is 0 Å². The van der Waals surface area contributed by atoms with Crippen molar-refractivity contribution >= 4 is 35.0 Å². The van der Waals surface area contributed by atoms with Crippen molar-refractivity contribution in [3.63, 3.8) is 0 Å². The summed E-state index contributed by atoms with van der Waals surface area (Å²) >= 11 is 0. The zero-order chi connectivity index (χ0) is 25.4. The van der Waals surface area contributed by atoms with Gasteiger partial charge in [0.05, 0.1) is 6.33 Å². The number of hydrogen-bond donors (Lipinski definition) is 5. The van der Waals surface area contributed by atoms with Crippen LogP contribution in [0.1, 0.15) is 45.3 Å². The minimum Gasteiger partial charge on any atom is -0.480 e. The number of aliphatic carboxylic acids is 1. The van der Waals surface area contributed by atoms with Crippen molar-refractivity contribution in [3.8, 4) is 0 Å². The summed E-state index contributed by atoms with van der Waals surface area (Å²) in [5, 5.41) is 12.4. The monoisotopic (exact) mass is 487 g/mol. The molecular weight excluding hydrogens is 458 g/mol. The van der Waals surface area contributed by atoms with Crippen molar-refractivity contribution in [2.45, 2.75) is 51.3 Å². The Morgan fingerprint density at radius 2 is 2.09 bits per heavy atom. The van der Waals surface area contributed by atoms with Gasteiger partial charge in [0.15, 0.2) is 23.4 Å². The second-order valence-electron chi connectivity index (χ2n) is 7.78. The number of guanidine groups is 1. The molecule has 0 bridgehead atoms. The van der Waals surface area contributed by atoms with Crippen LogP contribution >= 0.6 is 0 Å². The summed E-state index contributed by atoms with van der Waals surface area (Å²) in [6, 6.07) is 2.19. The van der Waals surface area contributed by atoms with E-state index in [2.05, 4.69) is 25.3 Å². The van der Waals surface area contributed by atoms with Crippen molar-refractivity contribution in [2.75, 3.05) is 11.9 Å². The van der Waals surface area contributed by atoms with Gasteiger partial charge < -0.3 is 31.6 Å². The lowest BCUT2D eigenvalue weighted by atomic mass is 10.1. The summed E-state index contributed by atoms with van der Waals surface area (Å²) in [5.41, 5.74) is 10.6. The number of ether oxygens (including phenoxy) is 1. The number of nitrogens with one attached hydrogen (secondary N) is 2. The van der Waals surface area contributed by atoms with E-state index in [4.69, 9.17) is 16.2 Å². The van der Waals surface area contributed by atoms with Crippen molar-refractivity contribution in [1.82, 2.24) is 24.1 Å². The van der Waals surface area contributed by atoms with E-state index in [9.17, 15) is 19.5 Å². The van der Waals surface area contributed by atoms with E-state index in [1.165, 1.54) is 23.4 Å². The molecule has 14 heteroatoms. The minimum absolute atomic E-state index is 0.0652. The molecule has 2 unspecified atom stereocenters. The normalized spacial score (nSPS) is 12.7. The quantitative estimate of drug-likeness (QED) is 0.140. The van der Waals surface area contributed by atoms with E-state index >= 15 is 0 Å². The third-order valence-electron chi connectivity index (χ3n) is 5.23. The number of carboxylic acid groups (broad SMARTS) is 1. The highest BCUT2D eigenvalue weighted by atomic mass is 16.6. The highest BCUT2D eigenvalue weighted by molar-refractivity contribution is 5.80. The van der Waals surface area contributed by atoms with Gasteiger partial charge in [0.25, 0.3) is 5.56 Å². The summed E-state index contributed by atoms with van der Waals surface area (Å²) < 4.78 is 8.48. The molecule has 2 atom stereocenters. The largest absolute Gasteiger partial charge is 0.480 e. The van der Waals surface area contributed by atoms with Crippen LogP contribution in [0.3, 0.4) is 0 Å². The predicted molar refractivity (Wildman–Crippen MR) is 128 cm³/mol. The van der Waals surface area contributed by atoms with Gasteiger partial charge in [0.1, 0.15) is 18.2 Å². The fraction of sp³-hybridized carbons (Fsp3) is 0.429. The molecule has 0 amide bonds. The second kappa shape index (κ2) is 11.7. The van der Waals surface area contributed by atoms with Crippen molar-refractivity contribution in [2.24, 2.45) is 16.5 Å². The first kappa shape index (κ1) is 25.3. The van der Waals surface area contributed by atoms with E-state index in [-0.39, 0.29) is 30.3 Å². The predicted octanol–water partition coefficient (Wildman–Crippen LogP) is 1.21. The first-order valence-electron chi connectivity index (χ1n) is 11.1. The van der Waals surface area contributed by atoms with Gasteiger partial charge in [-0.25, -0.2) is 24.1 Å². The number of anilines is 1. The highest BCUT2D eigenvalue weighted by Gasteiger charge is 2.24. The number of nitrogens with two attached hydrogens (primary N) is 2. The van der Waals surface area contributed by atoms with Gasteiger partial charge in [-0.3, -0.25) is 14.4 Å². The molecule has 0 aliphatic carbocycles. The molecule has 14 nitrogen and oxygen atoms in total. The Labute approximate surface area is 200 Å². The lowest BCUT2D eigenvalue weighted by molar-refractivity contribution is -0.138. The maximum atomic E-state index is 13.1. The number of aliphatic imine (C=N–C) groups is 1.